The fourth-order valence-electron chi connectivity index (χ4n) is 2.36. The van der Waals surface area contributed by atoms with Crippen molar-refractivity contribution in [2.24, 2.45) is 11.7 Å². The summed E-state index contributed by atoms with van der Waals surface area (Å²) in [5.74, 6) is -1.30. The summed E-state index contributed by atoms with van der Waals surface area (Å²) in [7, 11) is 0. The molecular weight excluding hydrogens is 296 g/mol. The number of carbonyl (C=O) groups is 2. The first-order valence-corrected chi connectivity index (χ1v) is 7.37. The first kappa shape index (κ1) is 16.8. The lowest BCUT2D eigenvalue weighted by atomic mass is 9.88. The van der Waals surface area contributed by atoms with Crippen LogP contribution in [0.15, 0.2) is 24.5 Å². The lowest BCUT2D eigenvalue weighted by Crippen LogP contribution is -2.37. The van der Waals surface area contributed by atoms with Crippen molar-refractivity contribution in [2.75, 3.05) is 0 Å². The van der Waals surface area contributed by atoms with Gasteiger partial charge in [0, 0.05) is 12.4 Å². The normalized spacial score (nSPS) is 14.4. The quantitative estimate of drug-likeness (QED) is 0.801. The van der Waals surface area contributed by atoms with Gasteiger partial charge in [-0.3, -0.25) is 4.79 Å². The molecule has 2 heterocycles. The van der Waals surface area contributed by atoms with Crippen molar-refractivity contribution < 1.29 is 14.7 Å². The molecule has 2 aromatic rings. The molecule has 2 aromatic heterocycles. The van der Waals surface area contributed by atoms with E-state index in [1.807, 2.05) is 22.7 Å². The van der Waals surface area contributed by atoms with Crippen LogP contribution in [0.25, 0.3) is 5.65 Å². The van der Waals surface area contributed by atoms with Gasteiger partial charge in [0.15, 0.2) is 0 Å². The van der Waals surface area contributed by atoms with Crippen LogP contribution in [-0.4, -0.2) is 26.5 Å². The van der Waals surface area contributed by atoms with Crippen LogP contribution in [0.4, 0.5) is 4.79 Å². The zero-order valence-corrected chi connectivity index (χ0v) is 13.7. The molecule has 0 unspecified atom stereocenters. The molecule has 2 rings (SSSR count). The highest BCUT2D eigenvalue weighted by atomic mass is 16.4. The molecule has 0 aliphatic carbocycles. The molecule has 7 heteroatoms. The van der Waals surface area contributed by atoms with E-state index in [4.69, 9.17) is 10.8 Å². The molecule has 0 aromatic carbocycles. The number of aromatic nitrogens is 2. The van der Waals surface area contributed by atoms with E-state index in [1.165, 1.54) is 0 Å². The lowest BCUT2D eigenvalue weighted by molar-refractivity contribution is -0.122. The van der Waals surface area contributed by atoms with E-state index in [2.05, 4.69) is 31.1 Å². The van der Waals surface area contributed by atoms with E-state index in [0.717, 1.165) is 5.56 Å². The fourth-order valence-corrected chi connectivity index (χ4v) is 2.36. The lowest BCUT2D eigenvalue weighted by Gasteiger charge is -2.19. The highest BCUT2D eigenvalue weighted by Gasteiger charge is 2.28. The van der Waals surface area contributed by atoms with Crippen LogP contribution in [0.1, 0.15) is 45.0 Å². The van der Waals surface area contributed by atoms with Crippen LogP contribution in [0.2, 0.25) is 0 Å². The van der Waals surface area contributed by atoms with Crippen molar-refractivity contribution in [3.63, 3.8) is 0 Å². The first-order chi connectivity index (χ1) is 10.6. The van der Waals surface area contributed by atoms with E-state index in [-0.39, 0.29) is 5.41 Å². The van der Waals surface area contributed by atoms with Gasteiger partial charge in [0.05, 0.1) is 17.7 Å². The summed E-state index contributed by atoms with van der Waals surface area (Å²) in [6, 6.07) is 3.07. The van der Waals surface area contributed by atoms with E-state index < -0.39 is 24.0 Å². The average molecular weight is 318 g/mol. The van der Waals surface area contributed by atoms with E-state index in [9.17, 15) is 9.59 Å². The minimum atomic E-state index is -1.23. The standard InChI is InChI=1S/C16H22N4O3/c1-9(14(17)21)13(19-15(22)23)11-8-20-7-10(16(2,3)4)5-6-12(20)18-11/h5-9,13,19H,1-4H3,(H2,17,21)(H,22,23)/t9-,13+/m1/s1. The van der Waals surface area contributed by atoms with Gasteiger partial charge in [-0.1, -0.05) is 33.8 Å². The number of rotatable bonds is 4. The molecule has 0 spiro atoms. The molecule has 23 heavy (non-hydrogen) atoms. The summed E-state index contributed by atoms with van der Waals surface area (Å²) >= 11 is 0. The largest absolute Gasteiger partial charge is 0.465 e. The number of nitrogens with two attached hydrogens (primary N) is 1. The number of fused-ring (bicyclic) bond motifs is 1. The second-order valence-electron chi connectivity index (χ2n) is 6.72. The maximum absolute atomic E-state index is 11.5. The maximum Gasteiger partial charge on any atom is 0.405 e. The number of hydrogen-bond donors (Lipinski definition) is 3. The summed E-state index contributed by atoms with van der Waals surface area (Å²) in [6.45, 7) is 7.90. The molecule has 124 valence electrons. The van der Waals surface area contributed by atoms with Crippen molar-refractivity contribution >= 4 is 17.6 Å². The Labute approximate surface area is 134 Å². The van der Waals surface area contributed by atoms with Gasteiger partial charge in [0.25, 0.3) is 0 Å². The van der Waals surface area contributed by atoms with E-state index >= 15 is 0 Å². The molecule has 0 saturated heterocycles. The Morgan fingerprint density at radius 1 is 1.30 bits per heavy atom. The minimum absolute atomic E-state index is 0.0160. The minimum Gasteiger partial charge on any atom is -0.465 e. The maximum atomic E-state index is 11.5. The van der Waals surface area contributed by atoms with Crippen molar-refractivity contribution in [3.8, 4) is 0 Å². The average Bonchev–Trinajstić information content (AvgIpc) is 2.85. The van der Waals surface area contributed by atoms with Crippen LogP contribution >= 0.6 is 0 Å². The molecule has 2 amide bonds. The molecule has 0 saturated carbocycles. The van der Waals surface area contributed by atoms with Crippen molar-refractivity contribution in [3.05, 3.63) is 35.8 Å². The number of carboxylic acid groups (broad SMARTS) is 1. The summed E-state index contributed by atoms with van der Waals surface area (Å²) in [6.07, 6.45) is 2.46. The highest BCUT2D eigenvalue weighted by molar-refractivity contribution is 5.78. The third-order valence-corrected chi connectivity index (χ3v) is 3.88. The van der Waals surface area contributed by atoms with Crippen molar-refractivity contribution in [1.82, 2.24) is 14.7 Å². The monoisotopic (exact) mass is 318 g/mol. The molecule has 0 bridgehead atoms. The van der Waals surface area contributed by atoms with Gasteiger partial charge >= 0.3 is 6.09 Å². The molecule has 4 N–H and O–H groups in total. The van der Waals surface area contributed by atoms with Gasteiger partial charge in [-0.15, -0.1) is 0 Å². The topological polar surface area (TPSA) is 110 Å². The zero-order valence-electron chi connectivity index (χ0n) is 13.7. The summed E-state index contributed by atoms with van der Waals surface area (Å²) < 4.78 is 1.83. The molecule has 2 atom stereocenters. The Morgan fingerprint density at radius 3 is 2.48 bits per heavy atom. The van der Waals surface area contributed by atoms with Gasteiger partial charge in [-0.25, -0.2) is 9.78 Å². The van der Waals surface area contributed by atoms with Gasteiger partial charge in [-0.05, 0) is 17.0 Å². The number of primary amides is 1. The second kappa shape index (κ2) is 5.91. The van der Waals surface area contributed by atoms with E-state index in [0.29, 0.717) is 11.3 Å². The number of imidazole rings is 1. The summed E-state index contributed by atoms with van der Waals surface area (Å²) in [4.78, 5) is 26.9. The predicted molar refractivity (Wildman–Crippen MR) is 86.2 cm³/mol. The van der Waals surface area contributed by atoms with Crippen LogP contribution in [0.5, 0.6) is 0 Å². The SMILES string of the molecule is C[C@@H](C(N)=O)[C@H](NC(=O)O)c1cn2cc(C(C)(C)C)ccc2n1. The van der Waals surface area contributed by atoms with Gasteiger partial charge in [0.2, 0.25) is 5.91 Å². The van der Waals surface area contributed by atoms with Crippen LogP contribution in [0, 0.1) is 5.92 Å². The van der Waals surface area contributed by atoms with Crippen LogP contribution in [-0.2, 0) is 10.2 Å². The van der Waals surface area contributed by atoms with E-state index in [1.54, 1.807) is 13.1 Å². The smallest absolute Gasteiger partial charge is 0.405 e. The second-order valence-corrected chi connectivity index (χ2v) is 6.72. The van der Waals surface area contributed by atoms with Gasteiger partial charge < -0.3 is 20.6 Å². The zero-order chi connectivity index (χ0) is 17.4. The third-order valence-electron chi connectivity index (χ3n) is 3.88. The Kier molecular flexibility index (Phi) is 4.31. The number of hydrogen-bond acceptors (Lipinski definition) is 3. The number of amides is 2. The molecular formula is C16H22N4O3. The number of nitrogens with zero attached hydrogens (tertiary/aromatic N) is 2. The van der Waals surface area contributed by atoms with Crippen molar-refractivity contribution in [2.45, 2.75) is 39.2 Å². The van der Waals surface area contributed by atoms with Gasteiger partial charge in [0.1, 0.15) is 5.65 Å². The summed E-state index contributed by atoms with van der Waals surface area (Å²) in [5.41, 5.74) is 7.57. The Morgan fingerprint density at radius 2 is 1.96 bits per heavy atom. The first-order valence-electron chi connectivity index (χ1n) is 7.37. The van der Waals surface area contributed by atoms with Gasteiger partial charge in [-0.2, -0.15) is 0 Å². The third kappa shape index (κ3) is 3.61. The Balaban J connectivity index is 2.47. The molecule has 0 aliphatic heterocycles. The molecule has 0 aliphatic rings. The Hall–Kier alpha value is -2.57. The predicted octanol–water partition coefficient (Wildman–Crippen LogP) is 2.06. The molecule has 0 fully saturated rings. The number of carbonyl (C=O) groups excluding carboxylic acids is 1. The molecule has 0 radical (unpaired) electrons. The number of pyridine rings is 1. The number of nitrogens with one attached hydrogen (secondary N) is 1. The summed E-state index contributed by atoms with van der Waals surface area (Å²) in [5, 5.41) is 11.3. The van der Waals surface area contributed by atoms with Crippen LogP contribution < -0.4 is 11.1 Å². The Bertz CT molecular complexity index is 745. The fraction of sp³-hybridized carbons (Fsp3) is 0.438. The molecule has 7 nitrogen and oxygen atoms in total. The van der Waals surface area contributed by atoms with Crippen molar-refractivity contribution in [1.29, 1.82) is 0 Å². The highest BCUT2D eigenvalue weighted by Crippen LogP contribution is 2.25. The van der Waals surface area contributed by atoms with Crippen LogP contribution in [0.3, 0.4) is 0 Å².